The zero-order valence-corrected chi connectivity index (χ0v) is 12.1. The summed E-state index contributed by atoms with van der Waals surface area (Å²) in [6, 6.07) is 6.59. The molecule has 114 valence electrons. The second-order valence-electron chi connectivity index (χ2n) is 5.69. The van der Waals surface area contributed by atoms with E-state index in [1.165, 1.54) is 5.69 Å². The average Bonchev–Trinajstić information content (AvgIpc) is 2.95. The number of aryl methyl sites for hydroxylation is 1. The highest BCUT2D eigenvalue weighted by Crippen LogP contribution is 2.23. The molecule has 0 radical (unpaired) electrons. The topological polar surface area (TPSA) is 87.4 Å². The Morgan fingerprint density at radius 1 is 1.45 bits per heavy atom. The average molecular weight is 299 g/mol. The Hall–Kier alpha value is -2.12. The molecular formula is C15H18BN3O3. The molecule has 3 N–H and O–H groups in total. The Morgan fingerprint density at radius 3 is 3.14 bits per heavy atom. The minimum Gasteiger partial charge on any atom is -0.423 e. The summed E-state index contributed by atoms with van der Waals surface area (Å²) in [4.78, 5) is 16.3. The zero-order valence-electron chi connectivity index (χ0n) is 12.1. The molecule has 2 heterocycles. The molecule has 2 aromatic rings. The second kappa shape index (κ2) is 6.33. The summed E-state index contributed by atoms with van der Waals surface area (Å²) in [6.07, 6.45) is 5.97. The first-order valence-corrected chi connectivity index (χ1v) is 7.37. The van der Waals surface area contributed by atoms with E-state index in [1.54, 1.807) is 24.3 Å². The van der Waals surface area contributed by atoms with Crippen molar-refractivity contribution in [2.24, 2.45) is 5.92 Å². The lowest BCUT2D eigenvalue weighted by atomic mass is 9.80. The van der Waals surface area contributed by atoms with Crippen molar-refractivity contribution in [3.8, 4) is 0 Å². The molecule has 6 nitrogen and oxygen atoms in total. The molecule has 0 bridgehead atoms. The van der Waals surface area contributed by atoms with Crippen molar-refractivity contribution >= 4 is 24.2 Å². The van der Waals surface area contributed by atoms with Crippen LogP contribution in [0.4, 0.5) is 5.69 Å². The van der Waals surface area contributed by atoms with Crippen LogP contribution in [0.1, 0.15) is 18.5 Å². The third-order valence-electron chi connectivity index (χ3n) is 4.02. The Kier molecular flexibility index (Phi) is 4.26. The van der Waals surface area contributed by atoms with Gasteiger partial charge >= 0.3 is 7.12 Å². The van der Waals surface area contributed by atoms with Crippen LogP contribution >= 0.6 is 0 Å². The third-order valence-corrected chi connectivity index (χ3v) is 4.02. The number of rotatable bonds is 4. The van der Waals surface area contributed by atoms with Gasteiger partial charge in [0.2, 0.25) is 5.91 Å². The Bertz CT molecular complexity index is 672. The first-order valence-electron chi connectivity index (χ1n) is 7.37. The largest absolute Gasteiger partial charge is 0.488 e. The minimum absolute atomic E-state index is 0.0532. The summed E-state index contributed by atoms with van der Waals surface area (Å²) in [6.45, 7) is 0.902. The quantitative estimate of drug-likeness (QED) is 0.702. The lowest BCUT2D eigenvalue weighted by Crippen LogP contribution is -2.30. The van der Waals surface area contributed by atoms with Crippen molar-refractivity contribution < 1.29 is 14.8 Å². The van der Waals surface area contributed by atoms with Crippen molar-refractivity contribution in [2.45, 2.75) is 25.8 Å². The van der Waals surface area contributed by atoms with Crippen molar-refractivity contribution in [1.29, 1.82) is 0 Å². The number of imidazole rings is 1. The molecule has 0 spiro atoms. The number of hydrogen-bond donors (Lipinski definition) is 3. The van der Waals surface area contributed by atoms with Crippen LogP contribution in [-0.2, 0) is 17.8 Å². The molecule has 1 aliphatic heterocycles. The van der Waals surface area contributed by atoms with Crippen molar-refractivity contribution in [1.82, 2.24) is 9.55 Å². The summed E-state index contributed by atoms with van der Waals surface area (Å²) < 4.78 is 2.13. The van der Waals surface area contributed by atoms with Gasteiger partial charge in [0.1, 0.15) is 0 Å². The predicted octanol–water partition coefficient (Wildman–Crippen LogP) is 0.154. The standard InChI is InChI=1S/C15H18BN3O3/c20-15(18-13-3-1-2-12(8-13)16(21)22)7-11-4-5-19-10-17-9-14(19)6-11/h1-3,8-11,21-22H,4-7H2,(H,18,20)/t11-/m0/s1. The first-order chi connectivity index (χ1) is 10.6. The van der Waals surface area contributed by atoms with Crippen molar-refractivity contribution in [3.63, 3.8) is 0 Å². The molecule has 1 aliphatic rings. The van der Waals surface area contributed by atoms with E-state index in [0.717, 1.165) is 19.4 Å². The summed E-state index contributed by atoms with van der Waals surface area (Å²) in [5, 5.41) is 21.1. The molecule has 7 heteroatoms. The molecule has 1 atom stereocenters. The van der Waals surface area contributed by atoms with Crippen LogP contribution in [-0.4, -0.2) is 32.6 Å². The van der Waals surface area contributed by atoms with E-state index in [9.17, 15) is 4.79 Å². The van der Waals surface area contributed by atoms with Gasteiger partial charge in [-0.05, 0) is 36.4 Å². The van der Waals surface area contributed by atoms with E-state index in [1.807, 2.05) is 12.5 Å². The SMILES string of the molecule is O=C(C[C@H]1CCn2cncc2C1)Nc1cccc(B(O)O)c1. The van der Waals surface area contributed by atoms with Crippen LogP contribution < -0.4 is 10.8 Å². The summed E-state index contributed by atoms with van der Waals surface area (Å²) in [7, 11) is -1.53. The fourth-order valence-electron chi connectivity index (χ4n) is 2.86. The maximum absolute atomic E-state index is 12.2. The van der Waals surface area contributed by atoms with Gasteiger partial charge in [0.25, 0.3) is 0 Å². The molecule has 0 fully saturated rings. The predicted molar refractivity (Wildman–Crippen MR) is 83.6 cm³/mol. The third kappa shape index (κ3) is 3.37. The molecule has 0 unspecified atom stereocenters. The summed E-state index contributed by atoms with van der Waals surface area (Å²) in [5.74, 6) is 0.262. The van der Waals surface area contributed by atoms with Crippen LogP contribution in [0.2, 0.25) is 0 Å². The highest BCUT2D eigenvalue weighted by atomic mass is 16.4. The number of carbonyl (C=O) groups is 1. The minimum atomic E-state index is -1.53. The lowest BCUT2D eigenvalue weighted by Gasteiger charge is -2.23. The van der Waals surface area contributed by atoms with Gasteiger partial charge in [-0.2, -0.15) is 0 Å². The number of hydrogen-bond acceptors (Lipinski definition) is 4. The smallest absolute Gasteiger partial charge is 0.423 e. The van der Waals surface area contributed by atoms with Crippen LogP contribution in [0.5, 0.6) is 0 Å². The van der Waals surface area contributed by atoms with Crippen LogP contribution in [0.3, 0.4) is 0 Å². The molecule has 1 aromatic carbocycles. The number of nitrogens with zero attached hydrogens (tertiary/aromatic N) is 2. The van der Waals surface area contributed by atoms with E-state index >= 15 is 0 Å². The molecule has 3 rings (SSSR count). The molecule has 0 saturated heterocycles. The fraction of sp³-hybridized carbons (Fsp3) is 0.333. The maximum atomic E-state index is 12.2. The van der Waals surface area contributed by atoms with Gasteiger partial charge in [0, 0.05) is 30.5 Å². The van der Waals surface area contributed by atoms with E-state index in [4.69, 9.17) is 10.0 Å². The van der Waals surface area contributed by atoms with Crippen LogP contribution in [0, 0.1) is 5.92 Å². The van der Waals surface area contributed by atoms with Crippen LogP contribution in [0.25, 0.3) is 0 Å². The monoisotopic (exact) mass is 299 g/mol. The van der Waals surface area contributed by atoms with Gasteiger partial charge in [-0.1, -0.05) is 12.1 Å². The van der Waals surface area contributed by atoms with E-state index in [2.05, 4.69) is 14.9 Å². The molecule has 0 saturated carbocycles. The number of anilines is 1. The highest BCUT2D eigenvalue weighted by Gasteiger charge is 2.21. The Labute approximate surface area is 129 Å². The number of fused-ring (bicyclic) bond motifs is 1. The first kappa shape index (κ1) is 14.8. The van der Waals surface area contributed by atoms with Gasteiger partial charge in [-0.25, -0.2) is 4.98 Å². The lowest BCUT2D eigenvalue weighted by molar-refractivity contribution is -0.117. The van der Waals surface area contributed by atoms with E-state index in [0.29, 0.717) is 23.5 Å². The van der Waals surface area contributed by atoms with E-state index < -0.39 is 7.12 Å². The molecular weight excluding hydrogens is 281 g/mol. The molecule has 22 heavy (non-hydrogen) atoms. The number of carbonyl (C=O) groups excluding carboxylic acids is 1. The summed E-state index contributed by atoms with van der Waals surface area (Å²) >= 11 is 0. The second-order valence-corrected chi connectivity index (χ2v) is 5.69. The number of amides is 1. The fourth-order valence-corrected chi connectivity index (χ4v) is 2.86. The molecule has 1 aromatic heterocycles. The van der Waals surface area contributed by atoms with Gasteiger partial charge in [-0.3, -0.25) is 4.79 Å². The van der Waals surface area contributed by atoms with Crippen LogP contribution in [0.15, 0.2) is 36.8 Å². The van der Waals surface area contributed by atoms with Crippen molar-refractivity contribution in [3.05, 3.63) is 42.5 Å². The molecule has 1 amide bonds. The normalized spacial score (nSPS) is 16.9. The summed E-state index contributed by atoms with van der Waals surface area (Å²) in [5.41, 5.74) is 2.12. The highest BCUT2D eigenvalue weighted by molar-refractivity contribution is 6.58. The van der Waals surface area contributed by atoms with Gasteiger partial charge < -0.3 is 19.9 Å². The maximum Gasteiger partial charge on any atom is 0.488 e. The Morgan fingerprint density at radius 2 is 2.32 bits per heavy atom. The number of aromatic nitrogens is 2. The van der Waals surface area contributed by atoms with Gasteiger partial charge in [0.15, 0.2) is 0 Å². The van der Waals surface area contributed by atoms with E-state index in [-0.39, 0.29) is 5.91 Å². The van der Waals surface area contributed by atoms with Gasteiger partial charge in [-0.15, -0.1) is 0 Å². The van der Waals surface area contributed by atoms with Gasteiger partial charge in [0.05, 0.1) is 6.33 Å². The Balaban J connectivity index is 1.58. The zero-order chi connectivity index (χ0) is 15.5. The number of nitrogens with one attached hydrogen (secondary N) is 1. The van der Waals surface area contributed by atoms with Crippen molar-refractivity contribution in [2.75, 3.05) is 5.32 Å². The molecule has 0 aliphatic carbocycles. The number of benzene rings is 1.